The first-order chi connectivity index (χ1) is 14.4. The van der Waals surface area contributed by atoms with E-state index in [-0.39, 0.29) is 11.9 Å². The Balaban J connectivity index is 1.60. The molecule has 1 atom stereocenters. The highest BCUT2D eigenvalue weighted by Gasteiger charge is 2.30. The summed E-state index contributed by atoms with van der Waals surface area (Å²) < 4.78 is 38.7. The van der Waals surface area contributed by atoms with Gasteiger partial charge in [0, 0.05) is 43.2 Å². The highest BCUT2D eigenvalue weighted by molar-refractivity contribution is 5.66. The molecule has 0 radical (unpaired) electrons. The summed E-state index contributed by atoms with van der Waals surface area (Å²) in [6, 6.07) is 9.12. The van der Waals surface area contributed by atoms with Crippen molar-refractivity contribution in [3.63, 3.8) is 0 Å². The number of halogens is 3. The van der Waals surface area contributed by atoms with E-state index in [0.717, 1.165) is 55.9 Å². The summed E-state index contributed by atoms with van der Waals surface area (Å²) in [7, 11) is 0. The number of piperidine rings is 1. The molecule has 0 unspecified atom stereocenters. The smallest absolute Gasteiger partial charge is 0.368 e. The molecule has 4 rings (SSSR count). The van der Waals surface area contributed by atoms with Crippen LogP contribution in [0.2, 0.25) is 0 Å². The van der Waals surface area contributed by atoms with Crippen LogP contribution in [0.4, 0.5) is 19.1 Å². The lowest BCUT2D eigenvalue weighted by molar-refractivity contribution is -0.137. The molecule has 1 aliphatic rings. The van der Waals surface area contributed by atoms with Crippen molar-refractivity contribution >= 4 is 5.95 Å². The third-order valence-electron chi connectivity index (χ3n) is 5.41. The highest BCUT2D eigenvalue weighted by Crippen LogP contribution is 2.35. The first-order valence-electron chi connectivity index (χ1n) is 9.81. The van der Waals surface area contributed by atoms with Gasteiger partial charge in [-0.1, -0.05) is 12.1 Å². The van der Waals surface area contributed by atoms with Crippen molar-refractivity contribution in [1.29, 1.82) is 0 Å². The maximum absolute atomic E-state index is 12.9. The number of alkyl halides is 3. The predicted octanol–water partition coefficient (Wildman–Crippen LogP) is 4.52. The van der Waals surface area contributed by atoms with Crippen LogP contribution in [0, 0.1) is 0 Å². The molecule has 8 heteroatoms. The molecule has 3 heterocycles. The summed E-state index contributed by atoms with van der Waals surface area (Å²) >= 11 is 0. The summed E-state index contributed by atoms with van der Waals surface area (Å²) in [5, 5.41) is 0. The number of benzene rings is 1. The van der Waals surface area contributed by atoms with Crippen LogP contribution in [-0.4, -0.2) is 32.9 Å². The van der Waals surface area contributed by atoms with Crippen molar-refractivity contribution in [2.75, 3.05) is 18.8 Å². The summed E-state index contributed by atoms with van der Waals surface area (Å²) in [6.45, 7) is 2.59. The fourth-order valence-electron chi connectivity index (χ4n) is 3.95. The molecular weight excluding hydrogens is 391 g/mol. The lowest BCUT2D eigenvalue weighted by Crippen LogP contribution is -2.34. The van der Waals surface area contributed by atoms with Gasteiger partial charge in [-0.2, -0.15) is 13.2 Å². The molecule has 3 aromatic rings. The molecule has 2 aromatic heterocycles. The Morgan fingerprint density at radius 1 is 1.07 bits per heavy atom. The quantitative estimate of drug-likeness (QED) is 0.681. The van der Waals surface area contributed by atoms with Crippen LogP contribution in [0.1, 0.15) is 35.6 Å². The van der Waals surface area contributed by atoms with Crippen LogP contribution < -0.4 is 5.73 Å². The molecule has 0 bridgehead atoms. The van der Waals surface area contributed by atoms with Gasteiger partial charge in [-0.15, -0.1) is 0 Å². The van der Waals surface area contributed by atoms with Crippen molar-refractivity contribution in [1.82, 2.24) is 19.9 Å². The lowest BCUT2D eigenvalue weighted by Gasteiger charge is -2.33. The van der Waals surface area contributed by atoms with E-state index in [9.17, 15) is 13.2 Å². The van der Waals surface area contributed by atoms with Gasteiger partial charge in [0.25, 0.3) is 0 Å². The van der Waals surface area contributed by atoms with Crippen molar-refractivity contribution in [2.24, 2.45) is 0 Å². The number of nitrogens with zero attached hydrogens (tertiary/aromatic N) is 4. The minimum Gasteiger partial charge on any atom is -0.368 e. The van der Waals surface area contributed by atoms with Gasteiger partial charge in [-0.3, -0.25) is 9.88 Å². The maximum Gasteiger partial charge on any atom is 0.416 e. The van der Waals surface area contributed by atoms with Crippen LogP contribution in [0.3, 0.4) is 0 Å². The van der Waals surface area contributed by atoms with E-state index in [1.807, 2.05) is 12.1 Å². The van der Waals surface area contributed by atoms with Crippen LogP contribution in [-0.2, 0) is 12.7 Å². The van der Waals surface area contributed by atoms with E-state index in [1.54, 1.807) is 18.6 Å². The first kappa shape index (κ1) is 20.3. The second-order valence-corrected chi connectivity index (χ2v) is 7.53. The topological polar surface area (TPSA) is 67.9 Å². The Labute approximate surface area is 172 Å². The number of anilines is 1. The van der Waals surface area contributed by atoms with Gasteiger partial charge in [-0.25, -0.2) is 9.97 Å². The van der Waals surface area contributed by atoms with Gasteiger partial charge in [0.1, 0.15) is 0 Å². The van der Waals surface area contributed by atoms with E-state index in [0.29, 0.717) is 5.56 Å². The molecule has 0 aliphatic carbocycles. The van der Waals surface area contributed by atoms with E-state index in [1.165, 1.54) is 17.7 Å². The van der Waals surface area contributed by atoms with Gasteiger partial charge in [-0.05, 0) is 54.8 Å². The largest absolute Gasteiger partial charge is 0.416 e. The fourth-order valence-corrected chi connectivity index (χ4v) is 3.95. The molecule has 156 valence electrons. The molecular formula is C22H22F3N5. The number of pyridine rings is 1. The third kappa shape index (κ3) is 4.59. The Kier molecular flexibility index (Phi) is 5.67. The van der Waals surface area contributed by atoms with Crippen LogP contribution in [0.15, 0.2) is 55.0 Å². The van der Waals surface area contributed by atoms with Crippen LogP contribution >= 0.6 is 0 Å². The minimum absolute atomic E-state index is 0.128. The minimum atomic E-state index is -4.37. The van der Waals surface area contributed by atoms with Crippen LogP contribution in [0.25, 0.3) is 11.1 Å². The molecule has 1 aromatic carbocycles. The van der Waals surface area contributed by atoms with Gasteiger partial charge in [0.15, 0.2) is 0 Å². The monoisotopic (exact) mass is 413 g/mol. The number of nitrogens with two attached hydrogens (primary N) is 1. The van der Waals surface area contributed by atoms with E-state index in [2.05, 4.69) is 19.9 Å². The Morgan fingerprint density at radius 3 is 2.50 bits per heavy atom. The zero-order valence-electron chi connectivity index (χ0n) is 16.3. The Morgan fingerprint density at radius 2 is 1.80 bits per heavy atom. The predicted molar refractivity (Wildman–Crippen MR) is 108 cm³/mol. The van der Waals surface area contributed by atoms with Crippen molar-refractivity contribution < 1.29 is 13.2 Å². The molecule has 0 amide bonds. The SMILES string of the molecule is Nc1ncc(-c2ccc(C(F)(F)F)cc2)c([C@@H]2CCCN(Cc3ccncc3)C2)n1. The second kappa shape index (κ2) is 8.39. The maximum atomic E-state index is 12.9. The number of hydrogen-bond acceptors (Lipinski definition) is 5. The number of hydrogen-bond donors (Lipinski definition) is 1. The zero-order valence-corrected chi connectivity index (χ0v) is 16.3. The average molecular weight is 413 g/mol. The van der Waals surface area contributed by atoms with E-state index < -0.39 is 11.7 Å². The van der Waals surface area contributed by atoms with Crippen molar-refractivity contribution in [3.8, 4) is 11.1 Å². The number of likely N-dealkylation sites (tertiary alicyclic amines) is 1. The van der Waals surface area contributed by atoms with Gasteiger partial charge >= 0.3 is 6.18 Å². The summed E-state index contributed by atoms with van der Waals surface area (Å²) in [5.74, 6) is 0.301. The first-order valence-corrected chi connectivity index (χ1v) is 9.81. The van der Waals surface area contributed by atoms with Crippen molar-refractivity contribution in [3.05, 3.63) is 71.8 Å². The van der Waals surface area contributed by atoms with Gasteiger partial charge < -0.3 is 5.73 Å². The fraction of sp³-hybridized carbons (Fsp3) is 0.318. The highest BCUT2D eigenvalue weighted by atomic mass is 19.4. The molecule has 30 heavy (non-hydrogen) atoms. The van der Waals surface area contributed by atoms with E-state index >= 15 is 0 Å². The van der Waals surface area contributed by atoms with Crippen molar-refractivity contribution in [2.45, 2.75) is 31.5 Å². The average Bonchev–Trinajstić information content (AvgIpc) is 2.74. The Hall–Kier alpha value is -3.00. The summed E-state index contributed by atoms with van der Waals surface area (Å²) in [5.41, 5.74) is 8.56. The zero-order chi connectivity index (χ0) is 21.1. The molecule has 1 saturated heterocycles. The van der Waals surface area contributed by atoms with Gasteiger partial charge in [0.05, 0.1) is 11.3 Å². The molecule has 5 nitrogen and oxygen atoms in total. The Bertz CT molecular complexity index is 990. The van der Waals surface area contributed by atoms with Crippen LogP contribution in [0.5, 0.6) is 0 Å². The van der Waals surface area contributed by atoms with Gasteiger partial charge in [0.2, 0.25) is 5.95 Å². The molecule has 1 fully saturated rings. The number of aromatic nitrogens is 3. The standard InChI is InChI=1S/C22H22F3N5/c23-22(24,25)18-5-3-16(4-6-18)19-12-28-21(26)29-20(19)17-2-1-11-30(14-17)13-15-7-9-27-10-8-15/h3-10,12,17H,1-2,11,13-14H2,(H2,26,28,29)/t17-/m1/s1. The molecule has 2 N–H and O–H groups in total. The third-order valence-corrected chi connectivity index (χ3v) is 5.41. The molecule has 0 spiro atoms. The summed E-state index contributed by atoms with van der Waals surface area (Å²) in [4.78, 5) is 15.0. The van der Waals surface area contributed by atoms with E-state index in [4.69, 9.17) is 5.73 Å². The number of rotatable bonds is 4. The normalized spacial score (nSPS) is 17.8. The second-order valence-electron chi connectivity index (χ2n) is 7.53. The summed E-state index contributed by atoms with van der Waals surface area (Å²) in [6.07, 6.45) is 2.76. The lowest BCUT2D eigenvalue weighted by atomic mass is 9.89. The molecule has 1 aliphatic heterocycles. The number of nitrogen functional groups attached to an aromatic ring is 1. The molecule has 0 saturated carbocycles.